The van der Waals surface area contributed by atoms with Crippen LogP contribution in [0.25, 0.3) is 0 Å². The second kappa shape index (κ2) is 7.13. The molecule has 1 unspecified atom stereocenters. The minimum absolute atomic E-state index is 0.876. The number of piperidine rings is 1. The minimum atomic E-state index is 0.876. The summed E-state index contributed by atoms with van der Waals surface area (Å²) in [5, 5.41) is 1.19. The number of alkyl halides is 1. The maximum Gasteiger partial charge on any atom is 0.0124 e. The van der Waals surface area contributed by atoms with Crippen LogP contribution in [0.5, 0.6) is 0 Å². The third-order valence-electron chi connectivity index (χ3n) is 4.77. The quantitative estimate of drug-likeness (QED) is 0.678. The molecule has 0 N–H and O–H groups in total. The molecule has 0 aromatic heterocycles. The van der Waals surface area contributed by atoms with Crippen LogP contribution in [0.15, 0.2) is 0 Å². The zero-order valence-electron chi connectivity index (χ0n) is 11.3. The Morgan fingerprint density at radius 3 is 2.71 bits per heavy atom. The first-order chi connectivity index (χ1) is 8.35. The molecule has 1 saturated heterocycles. The summed E-state index contributed by atoms with van der Waals surface area (Å²) in [4.78, 5) is 2.84. The Morgan fingerprint density at radius 2 is 1.94 bits per heavy atom. The van der Waals surface area contributed by atoms with Gasteiger partial charge in [0.15, 0.2) is 0 Å². The van der Waals surface area contributed by atoms with E-state index in [9.17, 15) is 0 Å². The lowest BCUT2D eigenvalue weighted by molar-refractivity contribution is 0.0496. The molecule has 17 heavy (non-hydrogen) atoms. The molecular weight excluding hydrogens is 274 g/mol. The average Bonchev–Trinajstić information content (AvgIpc) is 2.38. The molecule has 0 aromatic carbocycles. The fourth-order valence-corrected chi connectivity index (χ4v) is 4.44. The molecule has 1 aliphatic carbocycles. The van der Waals surface area contributed by atoms with Gasteiger partial charge in [0.2, 0.25) is 0 Å². The van der Waals surface area contributed by atoms with E-state index >= 15 is 0 Å². The van der Waals surface area contributed by atoms with E-state index in [0.29, 0.717) is 0 Å². The van der Waals surface area contributed by atoms with Crippen molar-refractivity contribution in [2.45, 2.75) is 64.3 Å². The van der Waals surface area contributed by atoms with Crippen molar-refractivity contribution in [1.82, 2.24) is 4.90 Å². The zero-order chi connectivity index (χ0) is 12.1. The predicted octanol–water partition coefficient (Wildman–Crippen LogP) is 4.45. The van der Waals surface area contributed by atoms with E-state index in [4.69, 9.17) is 0 Å². The molecule has 1 nitrogen and oxygen atoms in total. The van der Waals surface area contributed by atoms with Crippen molar-refractivity contribution in [3.8, 4) is 0 Å². The number of hydrogen-bond donors (Lipinski definition) is 0. The van der Waals surface area contributed by atoms with Crippen molar-refractivity contribution in [1.29, 1.82) is 0 Å². The largest absolute Gasteiger partial charge is 0.300 e. The molecule has 2 aliphatic rings. The molecule has 0 radical (unpaired) electrons. The van der Waals surface area contributed by atoms with Crippen molar-refractivity contribution in [2.24, 2.45) is 11.8 Å². The third kappa shape index (κ3) is 3.70. The molecule has 3 atom stereocenters. The fraction of sp³-hybridized carbons (Fsp3) is 1.00. The molecule has 1 saturated carbocycles. The molecule has 0 amide bonds. The monoisotopic (exact) mass is 301 g/mol. The SMILES string of the molecule is CCCC(CBr)CN1CCC[C@H]2CCCC[C@H]21. The summed E-state index contributed by atoms with van der Waals surface area (Å²) in [6.07, 6.45) is 11.6. The molecule has 2 fully saturated rings. The maximum atomic E-state index is 3.71. The lowest BCUT2D eigenvalue weighted by Gasteiger charge is -2.45. The van der Waals surface area contributed by atoms with E-state index in [1.165, 1.54) is 69.8 Å². The smallest absolute Gasteiger partial charge is 0.0124 e. The fourth-order valence-electron chi connectivity index (χ4n) is 3.91. The number of fused-ring (bicyclic) bond motifs is 1. The van der Waals surface area contributed by atoms with E-state index in [1.807, 2.05) is 0 Å². The highest BCUT2D eigenvalue weighted by Gasteiger charge is 2.33. The predicted molar refractivity (Wildman–Crippen MR) is 78.7 cm³/mol. The second-order valence-corrected chi connectivity index (χ2v) is 6.71. The van der Waals surface area contributed by atoms with Crippen molar-refractivity contribution in [2.75, 3.05) is 18.4 Å². The molecule has 0 spiro atoms. The highest BCUT2D eigenvalue weighted by Crippen LogP contribution is 2.35. The first-order valence-corrected chi connectivity index (χ1v) is 8.77. The molecule has 100 valence electrons. The van der Waals surface area contributed by atoms with Crippen molar-refractivity contribution >= 4 is 15.9 Å². The Balaban J connectivity index is 1.89. The summed E-state index contributed by atoms with van der Waals surface area (Å²) < 4.78 is 0. The van der Waals surface area contributed by atoms with Crippen molar-refractivity contribution in [3.05, 3.63) is 0 Å². The van der Waals surface area contributed by atoms with Gasteiger partial charge < -0.3 is 0 Å². The summed E-state index contributed by atoms with van der Waals surface area (Å²) >= 11 is 3.71. The summed E-state index contributed by atoms with van der Waals surface area (Å²) in [7, 11) is 0. The van der Waals surface area contributed by atoms with E-state index in [1.54, 1.807) is 0 Å². The molecule has 1 aliphatic heterocycles. The minimum Gasteiger partial charge on any atom is -0.300 e. The zero-order valence-corrected chi connectivity index (χ0v) is 12.9. The molecule has 0 aromatic rings. The van der Waals surface area contributed by atoms with E-state index in [2.05, 4.69) is 27.8 Å². The average molecular weight is 302 g/mol. The van der Waals surface area contributed by atoms with E-state index in [-0.39, 0.29) is 0 Å². The van der Waals surface area contributed by atoms with Crippen LogP contribution in [0, 0.1) is 11.8 Å². The summed E-state index contributed by atoms with van der Waals surface area (Å²) in [6.45, 7) is 5.03. The van der Waals surface area contributed by atoms with Crippen LogP contribution in [0.3, 0.4) is 0 Å². The van der Waals surface area contributed by atoms with Gasteiger partial charge in [0.25, 0.3) is 0 Å². The Kier molecular flexibility index (Phi) is 5.82. The number of hydrogen-bond acceptors (Lipinski definition) is 1. The van der Waals surface area contributed by atoms with Gasteiger partial charge in [0.05, 0.1) is 0 Å². The Hall–Kier alpha value is 0.440. The summed E-state index contributed by atoms with van der Waals surface area (Å²) in [5.74, 6) is 1.91. The molecular formula is C15H28BrN. The third-order valence-corrected chi connectivity index (χ3v) is 5.68. The first-order valence-electron chi connectivity index (χ1n) is 7.65. The van der Waals surface area contributed by atoms with Gasteiger partial charge in [0.1, 0.15) is 0 Å². The van der Waals surface area contributed by atoms with E-state index in [0.717, 1.165) is 17.9 Å². The number of likely N-dealkylation sites (tertiary alicyclic amines) is 1. The molecule has 0 bridgehead atoms. The van der Waals surface area contributed by atoms with Crippen LogP contribution in [0.2, 0.25) is 0 Å². The lowest BCUT2D eigenvalue weighted by atomic mass is 9.78. The topological polar surface area (TPSA) is 3.24 Å². The number of nitrogens with zero attached hydrogens (tertiary/aromatic N) is 1. The maximum absolute atomic E-state index is 3.71. The Bertz CT molecular complexity index is 217. The van der Waals surface area contributed by atoms with Crippen molar-refractivity contribution in [3.63, 3.8) is 0 Å². The lowest BCUT2D eigenvalue weighted by Crippen LogP contribution is -2.48. The molecule has 2 rings (SSSR count). The van der Waals surface area contributed by atoms with Gasteiger partial charge >= 0.3 is 0 Å². The normalized spacial score (nSPS) is 32.1. The van der Waals surface area contributed by atoms with E-state index < -0.39 is 0 Å². The number of halogens is 1. The Morgan fingerprint density at radius 1 is 1.18 bits per heavy atom. The highest BCUT2D eigenvalue weighted by atomic mass is 79.9. The van der Waals surface area contributed by atoms with Crippen LogP contribution in [0.4, 0.5) is 0 Å². The van der Waals surface area contributed by atoms with Gasteiger partial charge in [-0.1, -0.05) is 42.1 Å². The second-order valence-electron chi connectivity index (χ2n) is 6.06. The number of rotatable bonds is 5. The molecule has 2 heteroatoms. The van der Waals surface area contributed by atoms with Gasteiger partial charge in [-0.15, -0.1) is 0 Å². The van der Waals surface area contributed by atoms with Gasteiger partial charge in [-0.2, -0.15) is 0 Å². The van der Waals surface area contributed by atoms with Crippen LogP contribution >= 0.6 is 15.9 Å². The van der Waals surface area contributed by atoms with Crippen LogP contribution < -0.4 is 0 Å². The highest BCUT2D eigenvalue weighted by molar-refractivity contribution is 9.09. The summed E-state index contributed by atoms with van der Waals surface area (Å²) in [5.41, 5.74) is 0. The van der Waals surface area contributed by atoms with Crippen LogP contribution in [0.1, 0.15) is 58.3 Å². The van der Waals surface area contributed by atoms with Crippen LogP contribution in [-0.4, -0.2) is 29.4 Å². The summed E-state index contributed by atoms with van der Waals surface area (Å²) in [6, 6.07) is 0.941. The van der Waals surface area contributed by atoms with Crippen molar-refractivity contribution < 1.29 is 0 Å². The molecule has 1 heterocycles. The first kappa shape index (κ1) is 13.9. The van der Waals surface area contributed by atoms with Gasteiger partial charge in [-0.05, 0) is 50.5 Å². The standard InChI is InChI=1S/C15H28BrN/c1-2-6-13(11-16)12-17-10-5-8-14-7-3-4-9-15(14)17/h13-15H,2-12H2,1H3/t13?,14-,15-/m1/s1. The van der Waals surface area contributed by atoms with Gasteiger partial charge in [0, 0.05) is 17.9 Å². The Labute approximate surface area is 115 Å². The van der Waals surface area contributed by atoms with Gasteiger partial charge in [-0.3, -0.25) is 4.90 Å². The van der Waals surface area contributed by atoms with Gasteiger partial charge in [-0.25, -0.2) is 0 Å². The van der Waals surface area contributed by atoms with Crippen LogP contribution in [-0.2, 0) is 0 Å².